The first-order chi connectivity index (χ1) is 2.81. The van der Waals surface area contributed by atoms with Crippen molar-refractivity contribution in [2.75, 3.05) is 0 Å². The van der Waals surface area contributed by atoms with Gasteiger partial charge in [0.1, 0.15) is 0 Å². The van der Waals surface area contributed by atoms with Crippen molar-refractivity contribution in [2.24, 2.45) is 5.28 Å². The van der Waals surface area contributed by atoms with Crippen LogP contribution in [-0.4, -0.2) is 15.4 Å². The lowest BCUT2D eigenvalue weighted by atomic mass is 12.5. The molecule has 0 spiro atoms. The van der Waals surface area contributed by atoms with Gasteiger partial charge in [-0.15, -0.1) is 0 Å². The van der Waals surface area contributed by atoms with E-state index in [9.17, 15) is 5.21 Å². The minimum atomic E-state index is -0.514. The Morgan fingerprint density at radius 3 is 2.33 bits per heavy atom. The zero-order chi connectivity index (χ0) is 4.99. The third-order valence-electron chi connectivity index (χ3n) is 0.167. The van der Waals surface area contributed by atoms with Gasteiger partial charge < -0.3 is 10.4 Å². The molecule has 0 unspecified atom stereocenters. The van der Waals surface area contributed by atoms with Gasteiger partial charge in [0.05, 0.1) is 4.97 Å². The summed E-state index contributed by atoms with van der Waals surface area (Å²) in [6.45, 7) is 0. The van der Waals surface area contributed by atoms with Gasteiger partial charge in [-0.1, -0.05) is 0 Å². The molecule has 6 heteroatoms. The minimum absolute atomic E-state index is 0.514. The highest BCUT2D eigenvalue weighted by Crippen LogP contribution is 1.54. The van der Waals surface area contributed by atoms with Crippen molar-refractivity contribution in [3.63, 3.8) is 0 Å². The Kier molecular flexibility index (Phi) is 1.83. The maximum absolute atomic E-state index is 9.32. The highest BCUT2D eigenvalue weighted by atomic mass is 16.7. The summed E-state index contributed by atoms with van der Waals surface area (Å²) in [7, 11) is 0. The van der Waals surface area contributed by atoms with E-state index >= 15 is 0 Å². The highest BCUT2D eigenvalue weighted by Gasteiger charge is 1.77. The molecule has 36 valence electrons. The molecule has 0 aromatic heterocycles. The fourth-order valence-corrected chi connectivity index (χ4v) is 0.0200. The van der Waals surface area contributed by atoms with Crippen LogP contribution >= 0.6 is 0 Å². The van der Waals surface area contributed by atoms with Gasteiger partial charge in [0.25, 0.3) is 0 Å². The molecule has 6 nitrogen and oxygen atoms in total. The maximum Gasteiger partial charge on any atom is 0.232 e. The lowest BCUT2D eigenvalue weighted by Gasteiger charge is -1.85. The zero-order valence-corrected chi connectivity index (χ0v) is 2.70. The summed E-state index contributed by atoms with van der Waals surface area (Å²) in [6, 6.07) is 0. The first-order valence-corrected chi connectivity index (χ1v) is 1.03. The van der Waals surface area contributed by atoms with E-state index in [2.05, 4.69) is 0 Å². The Balaban J connectivity index is 3.22. The van der Waals surface area contributed by atoms with Crippen LogP contribution in [0, 0.1) is 5.21 Å². The molecule has 0 heterocycles. The lowest BCUT2D eigenvalue weighted by Crippen LogP contribution is -2.16. The summed E-state index contributed by atoms with van der Waals surface area (Å²) < 4.78 is 0. The average molecular weight is 93.0 g/mol. The fourth-order valence-electron chi connectivity index (χ4n) is 0.0200. The van der Waals surface area contributed by atoms with Gasteiger partial charge in [0, 0.05) is 0 Å². The molecule has 0 aliphatic heterocycles. The Labute approximate surface area is 32.8 Å². The van der Waals surface area contributed by atoms with Gasteiger partial charge in [-0.05, 0) is 5.59 Å². The number of rotatable bonds is 1. The van der Waals surface area contributed by atoms with Crippen molar-refractivity contribution in [3.05, 3.63) is 5.21 Å². The molecule has 0 amide bonds. The van der Waals surface area contributed by atoms with Crippen molar-refractivity contribution in [2.45, 2.75) is 0 Å². The third-order valence-corrected chi connectivity index (χ3v) is 0.167. The van der Waals surface area contributed by atoms with Gasteiger partial charge in [-0.3, -0.25) is 0 Å². The predicted molar refractivity (Wildman–Crippen MR) is 12.8 cm³/mol. The Morgan fingerprint density at radius 1 is 1.83 bits per heavy atom. The molecule has 0 aliphatic carbocycles. The molecule has 0 fully saturated rings. The summed E-state index contributed by atoms with van der Waals surface area (Å²) in [6.07, 6.45) is 0. The summed E-state index contributed by atoms with van der Waals surface area (Å²) in [5.74, 6) is 0. The van der Waals surface area contributed by atoms with Gasteiger partial charge in [-0.2, -0.15) is 0 Å². The van der Waals surface area contributed by atoms with Crippen molar-refractivity contribution in [3.8, 4) is 0 Å². The summed E-state index contributed by atoms with van der Waals surface area (Å²) in [5, 5.41) is 26.0. The minimum Gasteiger partial charge on any atom is -0.567 e. The van der Waals surface area contributed by atoms with Crippen molar-refractivity contribution in [1.82, 2.24) is 5.59 Å². The number of hydrogen-bond donors (Lipinski definition) is 3. The van der Waals surface area contributed by atoms with Crippen LogP contribution in [0.2, 0.25) is 0 Å². The van der Waals surface area contributed by atoms with Crippen LogP contribution in [0.15, 0.2) is 5.28 Å². The molecule has 0 saturated carbocycles. The molecule has 0 bridgehead atoms. The van der Waals surface area contributed by atoms with E-state index in [1.807, 2.05) is 5.28 Å². The highest BCUT2D eigenvalue weighted by molar-refractivity contribution is 3.81. The molecule has 0 aliphatic rings. The van der Waals surface area contributed by atoms with E-state index in [1.54, 1.807) is 0 Å². The van der Waals surface area contributed by atoms with E-state index in [-0.39, 0.29) is 0 Å². The predicted octanol–water partition coefficient (Wildman–Crippen LogP) is -0.768. The number of nitrogens with zero attached hydrogens (tertiary/aromatic N) is 2. The molecule has 0 atom stereocenters. The molecule has 0 radical (unpaired) electrons. The standard InChI is InChI=1S/H3N3O3/c4-1-3(6)2-5/h4-5H,(H,1,2). The van der Waals surface area contributed by atoms with Crippen LogP contribution in [-0.2, 0) is 0 Å². The van der Waals surface area contributed by atoms with Crippen molar-refractivity contribution in [1.29, 1.82) is 0 Å². The normalized spacial score (nSPS) is 11.2. The quantitative estimate of drug-likeness (QED) is 0.225. The first kappa shape index (κ1) is 4.96. The van der Waals surface area contributed by atoms with E-state index in [1.165, 1.54) is 0 Å². The second-order valence-corrected chi connectivity index (χ2v) is 0.462. The number of nitrogens with one attached hydrogen (secondary N) is 1. The number of hydrazine groups is 1. The molecular formula is H3N3O3. The Morgan fingerprint density at radius 2 is 2.33 bits per heavy atom. The van der Waals surface area contributed by atoms with Crippen molar-refractivity contribution >= 4 is 0 Å². The van der Waals surface area contributed by atoms with E-state index in [0.29, 0.717) is 0 Å². The monoisotopic (exact) mass is 93.0 g/mol. The third kappa shape index (κ3) is 1.30. The fraction of sp³-hybridized carbons (Fsp3) is 0. The lowest BCUT2D eigenvalue weighted by molar-refractivity contribution is -0.658. The van der Waals surface area contributed by atoms with E-state index < -0.39 is 4.97 Å². The smallest absolute Gasteiger partial charge is 0.232 e. The molecule has 3 N–H and O–H groups in total. The van der Waals surface area contributed by atoms with Gasteiger partial charge >= 0.3 is 0 Å². The summed E-state index contributed by atoms with van der Waals surface area (Å²) in [4.78, 5) is -0.514. The van der Waals surface area contributed by atoms with Crippen LogP contribution in [0.5, 0.6) is 0 Å². The van der Waals surface area contributed by atoms with Crippen LogP contribution < -0.4 is 5.59 Å². The van der Waals surface area contributed by atoms with E-state index in [4.69, 9.17) is 10.4 Å². The van der Waals surface area contributed by atoms with Crippen LogP contribution in [0.25, 0.3) is 0 Å². The van der Waals surface area contributed by atoms with Gasteiger partial charge in [0.15, 0.2) is 0 Å². The van der Waals surface area contributed by atoms with Crippen LogP contribution in [0.4, 0.5) is 0 Å². The second-order valence-electron chi connectivity index (χ2n) is 0.462. The average Bonchev–Trinajstić information content (AvgIpc) is 1.65. The topological polar surface area (TPSA) is 90.9 Å². The molecular weight excluding hydrogens is 90.0 g/mol. The Bertz CT molecular complexity index is 57.1. The molecule has 0 aromatic carbocycles. The van der Waals surface area contributed by atoms with Gasteiger partial charge in [-0.25, -0.2) is 5.21 Å². The Hall–Kier alpha value is -1.04. The maximum atomic E-state index is 9.32. The zero-order valence-electron chi connectivity index (χ0n) is 2.70. The number of hydrogen-bond acceptors (Lipinski definition) is 3. The summed E-state index contributed by atoms with van der Waals surface area (Å²) in [5.41, 5.74) is 0.976. The SMILES string of the molecule is [O-][N+](=NO)NO. The molecule has 0 saturated heterocycles. The largest absolute Gasteiger partial charge is 0.567 e. The summed E-state index contributed by atoms with van der Waals surface area (Å²) >= 11 is 0. The van der Waals surface area contributed by atoms with E-state index in [0.717, 1.165) is 5.59 Å². The molecule has 6 heavy (non-hydrogen) atoms. The van der Waals surface area contributed by atoms with Gasteiger partial charge in [0.2, 0.25) is 5.28 Å². The van der Waals surface area contributed by atoms with Crippen LogP contribution in [0.1, 0.15) is 0 Å². The molecule has 0 aromatic rings. The first-order valence-electron chi connectivity index (χ1n) is 1.03. The molecule has 0 rings (SSSR count). The second kappa shape index (κ2) is 2.21. The van der Waals surface area contributed by atoms with Crippen molar-refractivity contribution < 1.29 is 15.4 Å². The van der Waals surface area contributed by atoms with Crippen LogP contribution in [0.3, 0.4) is 0 Å².